The van der Waals surface area contributed by atoms with Crippen molar-refractivity contribution in [1.82, 2.24) is 20.1 Å². The van der Waals surface area contributed by atoms with E-state index >= 15 is 0 Å². The predicted octanol–water partition coefficient (Wildman–Crippen LogP) is 1.82. The zero-order valence-corrected chi connectivity index (χ0v) is 15.5. The van der Waals surface area contributed by atoms with Gasteiger partial charge in [-0.15, -0.1) is 10.2 Å². The van der Waals surface area contributed by atoms with Crippen LogP contribution in [0.4, 0.5) is 5.95 Å². The lowest BCUT2D eigenvalue weighted by molar-refractivity contribution is -0.120. The van der Waals surface area contributed by atoms with Crippen molar-refractivity contribution in [1.29, 1.82) is 0 Å². The number of hydrogen-bond donors (Lipinski definition) is 1. The van der Waals surface area contributed by atoms with Crippen molar-refractivity contribution in [3.63, 3.8) is 0 Å². The van der Waals surface area contributed by atoms with Gasteiger partial charge in [0.05, 0.1) is 17.9 Å². The molecule has 3 fully saturated rings. The molecule has 138 valence electrons. The Morgan fingerprint density at radius 2 is 2.00 bits per heavy atom. The van der Waals surface area contributed by atoms with Crippen LogP contribution < -0.4 is 10.2 Å². The lowest BCUT2D eigenvalue weighted by atomic mass is 10.2. The van der Waals surface area contributed by atoms with Crippen molar-refractivity contribution in [2.24, 2.45) is 0 Å². The average molecular weight is 366 g/mol. The van der Waals surface area contributed by atoms with E-state index in [9.17, 15) is 4.79 Å². The van der Waals surface area contributed by atoms with E-state index < -0.39 is 0 Å². The number of nitrogens with one attached hydrogen (secondary N) is 1. The molecule has 0 aliphatic carbocycles. The Balaban J connectivity index is 1.55. The van der Waals surface area contributed by atoms with Gasteiger partial charge in [0.25, 0.3) is 0 Å². The molecule has 4 rings (SSSR count). The molecule has 0 aromatic carbocycles. The first-order valence-electron chi connectivity index (χ1n) is 9.55. The molecule has 0 bridgehead atoms. The minimum atomic E-state index is -0.0682. The van der Waals surface area contributed by atoms with Crippen LogP contribution in [0.3, 0.4) is 0 Å². The van der Waals surface area contributed by atoms with E-state index in [1.807, 2.05) is 0 Å². The summed E-state index contributed by atoms with van der Waals surface area (Å²) in [6, 6.07) is 0. The summed E-state index contributed by atoms with van der Waals surface area (Å²) < 4.78 is 8.05. The molecule has 0 spiro atoms. The van der Waals surface area contributed by atoms with Gasteiger partial charge in [-0.2, -0.15) is 0 Å². The Morgan fingerprint density at radius 1 is 1.12 bits per heavy atom. The molecule has 7 nitrogen and oxygen atoms in total. The summed E-state index contributed by atoms with van der Waals surface area (Å²) in [4.78, 5) is 14.6. The number of hydrogen-bond acceptors (Lipinski definition) is 6. The molecule has 3 aliphatic rings. The second-order valence-electron chi connectivity index (χ2n) is 7.12. The largest absolute Gasteiger partial charge is 0.376 e. The number of nitrogens with zero attached hydrogens (tertiary/aromatic N) is 4. The van der Waals surface area contributed by atoms with E-state index in [0.717, 1.165) is 76.0 Å². The van der Waals surface area contributed by atoms with Crippen molar-refractivity contribution in [3.8, 4) is 0 Å². The summed E-state index contributed by atoms with van der Waals surface area (Å²) in [7, 11) is 0. The van der Waals surface area contributed by atoms with Crippen molar-refractivity contribution in [2.45, 2.75) is 68.0 Å². The fourth-order valence-corrected chi connectivity index (χ4v) is 4.92. The summed E-state index contributed by atoms with van der Waals surface area (Å²) in [5.74, 6) is 1.08. The average Bonchev–Trinajstić information content (AvgIpc) is 3.34. The van der Waals surface area contributed by atoms with Gasteiger partial charge in [-0.05, 0) is 38.5 Å². The summed E-state index contributed by atoms with van der Waals surface area (Å²) in [5.41, 5.74) is 0. The Kier molecular flexibility index (Phi) is 5.45. The quantitative estimate of drug-likeness (QED) is 0.858. The zero-order chi connectivity index (χ0) is 17.1. The molecule has 0 unspecified atom stereocenters. The second kappa shape index (κ2) is 7.95. The summed E-state index contributed by atoms with van der Waals surface area (Å²) in [5, 5.41) is 12.8. The third-order valence-electron chi connectivity index (χ3n) is 5.23. The van der Waals surface area contributed by atoms with Crippen LogP contribution in [0.15, 0.2) is 5.16 Å². The van der Waals surface area contributed by atoms with Crippen molar-refractivity contribution in [2.75, 3.05) is 31.1 Å². The SMILES string of the molecule is O=C1NCCCC[C@H]1Sc1nnc(N2CCCC2)n1C[C@@H]1CCCO1. The molecule has 0 radical (unpaired) electrons. The summed E-state index contributed by atoms with van der Waals surface area (Å²) >= 11 is 1.57. The number of thioether (sulfide) groups is 1. The molecule has 1 N–H and O–H groups in total. The second-order valence-corrected chi connectivity index (χ2v) is 8.29. The number of anilines is 1. The van der Waals surface area contributed by atoms with Crippen LogP contribution in [0, 0.1) is 0 Å². The van der Waals surface area contributed by atoms with Crippen molar-refractivity contribution < 1.29 is 9.53 Å². The summed E-state index contributed by atoms with van der Waals surface area (Å²) in [6.45, 7) is 4.50. The molecule has 25 heavy (non-hydrogen) atoms. The van der Waals surface area contributed by atoms with Gasteiger partial charge >= 0.3 is 0 Å². The fraction of sp³-hybridized carbons (Fsp3) is 0.824. The third kappa shape index (κ3) is 3.95. The normalized spacial score (nSPS) is 27.5. The van der Waals surface area contributed by atoms with Gasteiger partial charge in [-0.1, -0.05) is 18.2 Å². The number of carbonyl (C=O) groups is 1. The van der Waals surface area contributed by atoms with Crippen LogP contribution >= 0.6 is 11.8 Å². The molecule has 8 heteroatoms. The number of amides is 1. The molecule has 2 atom stereocenters. The number of aromatic nitrogens is 3. The molecule has 1 aromatic heterocycles. The lowest BCUT2D eigenvalue weighted by Gasteiger charge is -2.21. The minimum absolute atomic E-state index is 0.0682. The highest BCUT2D eigenvalue weighted by Crippen LogP contribution is 2.31. The van der Waals surface area contributed by atoms with E-state index in [0.29, 0.717) is 0 Å². The molecule has 1 aromatic rings. The first-order chi connectivity index (χ1) is 12.3. The van der Waals surface area contributed by atoms with E-state index in [-0.39, 0.29) is 17.3 Å². The maximum atomic E-state index is 12.3. The predicted molar refractivity (Wildman–Crippen MR) is 96.9 cm³/mol. The van der Waals surface area contributed by atoms with Crippen LogP contribution in [0.25, 0.3) is 0 Å². The maximum Gasteiger partial charge on any atom is 0.233 e. The standard InChI is InChI=1S/C17H27N5O2S/c23-15-14(7-1-2-8-18-15)25-17-20-19-16(21-9-3-4-10-21)22(17)12-13-6-5-11-24-13/h13-14H,1-12H2,(H,18,23)/t13-,14+/m0/s1. The van der Waals surface area contributed by atoms with Gasteiger partial charge in [0.1, 0.15) is 0 Å². The summed E-state index contributed by atoms with van der Waals surface area (Å²) in [6.07, 6.45) is 7.91. The Hall–Kier alpha value is -1.28. The lowest BCUT2D eigenvalue weighted by Crippen LogP contribution is -2.31. The van der Waals surface area contributed by atoms with Gasteiger partial charge in [0.15, 0.2) is 5.16 Å². The van der Waals surface area contributed by atoms with E-state index in [4.69, 9.17) is 4.74 Å². The monoisotopic (exact) mass is 365 g/mol. The Bertz CT molecular complexity index is 596. The highest BCUT2D eigenvalue weighted by molar-refractivity contribution is 8.00. The first kappa shape index (κ1) is 17.1. The first-order valence-corrected chi connectivity index (χ1v) is 10.4. The molecule has 3 saturated heterocycles. The molecular formula is C17H27N5O2S. The van der Waals surface area contributed by atoms with E-state index in [1.165, 1.54) is 12.8 Å². The Labute approximate surface area is 152 Å². The smallest absolute Gasteiger partial charge is 0.233 e. The number of rotatable bonds is 5. The highest BCUT2D eigenvalue weighted by atomic mass is 32.2. The van der Waals surface area contributed by atoms with E-state index in [1.54, 1.807) is 11.8 Å². The molecule has 3 aliphatic heterocycles. The van der Waals surface area contributed by atoms with E-state index in [2.05, 4.69) is 25.0 Å². The topological polar surface area (TPSA) is 72.3 Å². The van der Waals surface area contributed by atoms with Gasteiger partial charge < -0.3 is 15.0 Å². The minimum Gasteiger partial charge on any atom is -0.376 e. The third-order valence-corrected chi connectivity index (χ3v) is 6.48. The van der Waals surface area contributed by atoms with Gasteiger partial charge in [0.2, 0.25) is 11.9 Å². The molecule has 4 heterocycles. The Morgan fingerprint density at radius 3 is 2.80 bits per heavy atom. The van der Waals surface area contributed by atoms with Gasteiger partial charge in [-0.25, -0.2) is 0 Å². The highest BCUT2D eigenvalue weighted by Gasteiger charge is 2.29. The van der Waals surface area contributed by atoms with Crippen LogP contribution in [0.1, 0.15) is 44.9 Å². The van der Waals surface area contributed by atoms with Crippen LogP contribution in [-0.4, -0.2) is 58.3 Å². The fourth-order valence-electron chi connectivity index (χ4n) is 3.82. The molecule has 0 saturated carbocycles. The zero-order valence-electron chi connectivity index (χ0n) is 14.7. The number of ether oxygens (including phenoxy) is 1. The maximum absolute atomic E-state index is 12.3. The van der Waals surface area contributed by atoms with Gasteiger partial charge in [0, 0.05) is 26.2 Å². The van der Waals surface area contributed by atoms with Gasteiger partial charge in [-0.3, -0.25) is 9.36 Å². The van der Waals surface area contributed by atoms with Crippen LogP contribution in [0.5, 0.6) is 0 Å². The van der Waals surface area contributed by atoms with Crippen molar-refractivity contribution >= 4 is 23.6 Å². The molecular weight excluding hydrogens is 338 g/mol. The van der Waals surface area contributed by atoms with Crippen LogP contribution in [0.2, 0.25) is 0 Å². The molecule has 1 amide bonds. The number of carbonyl (C=O) groups excluding carboxylic acids is 1. The van der Waals surface area contributed by atoms with Crippen molar-refractivity contribution in [3.05, 3.63) is 0 Å². The van der Waals surface area contributed by atoms with Crippen LogP contribution in [-0.2, 0) is 16.1 Å².